The molecule has 0 unspecified atom stereocenters. The number of hydrogen-bond donors (Lipinski definition) is 2. The largest absolute Gasteiger partial charge is 0.324 e. The lowest BCUT2D eigenvalue weighted by atomic mass is 10.1. The molecule has 9 heteroatoms. The molecule has 0 spiro atoms. The SMILES string of the molecule is O=C1C[C@H](C(=O)Nc2cc(F)c(F)c(F)c2)n2c(nc3ccccc32)N1. The Bertz CT molecular complexity index is 1040. The second-order valence-electron chi connectivity index (χ2n) is 5.81. The molecule has 6 nitrogen and oxygen atoms in total. The molecule has 0 saturated carbocycles. The molecular weight excluding hydrogens is 349 g/mol. The lowest BCUT2D eigenvalue weighted by molar-refractivity contribution is -0.124. The van der Waals surface area contributed by atoms with Crippen LogP contribution in [-0.4, -0.2) is 21.4 Å². The van der Waals surface area contributed by atoms with Gasteiger partial charge in [-0.15, -0.1) is 0 Å². The zero-order chi connectivity index (χ0) is 18.4. The smallest absolute Gasteiger partial charge is 0.248 e. The minimum Gasteiger partial charge on any atom is -0.324 e. The first-order valence-electron chi connectivity index (χ1n) is 7.66. The van der Waals surface area contributed by atoms with Gasteiger partial charge in [-0.1, -0.05) is 12.1 Å². The summed E-state index contributed by atoms with van der Waals surface area (Å²) in [7, 11) is 0. The van der Waals surface area contributed by atoms with E-state index >= 15 is 0 Å². The number of amides is 2. The number of nitrogens with zero attached hydrogens (tertiary/aromatic N) is 2. The minimum absolute atomic E-state index is 0.175. The average Bonchev–Trinajstić information content (AvgIpc) is 2.96. The van der Waals surface area contributed by atoms with Crippen LogP contribution < -0.4 is 10.6 Å². The number of hydrogen-bond acceptors (Lipinski definition) is 3. The number of para-hydroxylation sites is 2. The molecule has 4 rings (SSSR count). The maximum absolute atomic E-state index is 13.3. The predicted molar refractivity (Wildman–Crippen MR) is 87.0 cm³/mol. The normalized spacial score (nSPS) is 16.3. The molecule has 2 heterocycles. The fourth-order valence-corrected chi connectivity index (χ4v) is 2.95. The molecule has 1 aromatic heterocycles. The Morgan fingerprint density at radius 2 is 1.88 bits per heavy atom. The Kier molecular flexibility index (Phi) is 3.64. The van der Waals surface area contributed by atoms with Crippen LogP contribution in [0.4, 0.5) is 24.8 Å². The zero-order valence-corrected chi connectivity index (χ0v) is 13.1. The van der Waals surface area contributed by atoms with Crippen molar-refractivity contribution in [2.75, 3.05) is 10.6 Å². The third kappa shape index (κ3) is 2.57. The second-order valence-corrected chi connectivity index (χ2v) is 5.81. The van der Waals surface area contributed by atoms with E-state index < -0.39 is 35.3 Å². The standard InChI is InChI=1S/C17H11F3N4O2/c18-9-5-8(6-10(19)15(9)20)21-16(26)13-7-14(25)23-17-22-11-3-1-2-4-12(11)24(13)17/h1-6,13H,7H2,(H,21,26)(H,22,23,25)/t13-/m1/s1. The van der Waals surface area contributed by atoms with Crippen LogP contribution in [-0.2, 0) is 9.59 Å². The Hall–Kier alpha value is -3.36. The van der Waals surface area contributed by atoms with E-state index in [0.717, 1.165) is 0 Å². The van der Waals surface area contributed by atoms with Gasteiger partial charge in [0.05, 0.1) is 17.5 Å². The van der Waals surface area contributed by atoms with E-state index in [9.17, 15) is 22.8 Å². The summed E-state index contributed by atoms with van der Waals surface area (Å²) >= 11 is 0. The third-order valence-electron chi connectivity index (χ3n) is 4.09. The molecule has 2 N–H and O–H groups in total. The lowest BCUT2D eigenvalue weighted by Gasteiger charge is -2.25. The third-order valence-corrected chi connectivity index (χ3v) is 4.09. The molecule has 0 saturated heterocycles. The number of imidazole rings is 1. The Morgan fingerprint density at radius 1 is 1.19 bits per heavy atom. The van der Waals surface area contributed by atoms with Crippen LogP contribution in [0.15, 0.2) is 36.4 Å². The van der Waals surface area contributed by atoms with Gasteiger partial charge in [-0.3, -0.25) is 19.5 Å². The van der Waals surface area contributed by atoms with Gasteiger partial charge in [-0.2, -0.15) is 0 Å². The van der Waals surface area contributed by atoms with E-state index in [0.29, 0.717) is 23.2 Å². The second kappa shape index (κ2) is 5.87. The number of halogens is 3. The average molecular weight is 360 g/mol. The molecule has 1 aliphatic heterocycles. The van der Waals surface area contributed by atoms with E-state index in [4.69, 9.17) is 0 Å². The van der Waals surface area contributed by atoms with Crippen molar-refractivity contribution in [2.45, 2.75) is 12.5 Å². The van der Waals surface area contributed by atoms with Crippen LogP contribution >= 0.6 is 0 Å². The number of anilines is 2. The van der Waals surface area contributed by atoms with Crippen LogP contribution in [0.5, 0.6) is 0 Å². The van der Waals surface area contributed by atoms with Crippen LogP contribution in [0, 0.1) is 17.5 Å². The van der Waals surface area contributed by atoms with E-state index in [1.807, 2.05) is 0 Å². The maximum atomic E-state index is 13.3. The van der Waals surface area contributed by atoms with Crippen LogP contribution in [0.3, 0.4) is 0 Å². The highest BCUT2D eigenvalue weighted by Gasteiger charge is 2.33. The molecular formula is C17H11F3N4O2. The monoisotopic (exact) mass is 360 g/mol. The van der Waals surface area contributed by atoms with Gasteiger partial charge in [-0.25, -0.2) is 18.2 Å². The quantitative estimate of drug-likeness (QED) is 0.690. The number of aromatic nitrogens is 2. The summed E-state index contributed by atoms with van der Waals surface area (Å²) in [6, 6.07) is 7.36. The van der Waals surface area contributed by atoms with Crippen LogP contribution in [0.1, 0.15) is 12.5 Å². The number of carbonyl (C=O) groups excluding carboxylic acids is 2. The number of nitrogens with one attached hydrogen (secondary N) is 2. The lowest BCUT2D eigenvalue weighted by Crippen LogP contribution is -2.35. The van der Waals surface area contributed by atoms with Gasteiger partial charge in [0.15, 0.2) is 17.5 Å². The summed E-state index contributed by atoms with van der Waals surface area (Å²) in [4.78, 5) is 28.8. The minimum atomic E-state index is -1.62. The van der Waals surface area contributed by atoms with E-state index in [-0.39, 0.29) is 18.1 Å². The first-order valence-corrected chi connectivity index (χ1v) is 7.66. The van der Waals surface area contributed by atoms with Crippen molar-refractivity contribution < 1.29 is 22.8 Å². The number of rotatable bonds is 2. The fraction of sp³-hybridized carbons (Fsp3) is 0.118. The highest BCUT2D eigenvalue weighted by Crippen LogP contribution is 2.31. The van der Waals surface area contributed by atoms with Gasteiger partial charge in [0.1, 0.15) is 6.04 Å². The van der Waals surface area contributed by atoms with E-state index in [2.05, 4.69) is 15.6 Å². The Balaban J connectivity index is 1.72. The number of fused-ring (bicyclic) bond motifs is 3. The Morgan fingerprint density at radius 3 is 2.62 bits per heavy atom. The molecule has 2 amide bonds. The van der Waals surface area contributed by atoms with Gasteiger partial charge in [0, 0.05) is 17.8 Å². The number of carbonyl (C=O) groups is 2. The fourth-order valence-electron chi connectivity index (χ4n) is 2.95. The molecule has 0 radical (unpaired) electrons. The molecule has 0 aliphatic carbocycles. The van der Waals surface area contributed by atoms with Crippen molar-refractivity contribution in [1.82, 2.24) is 9.55 Å². The zero-order valence-electron chi connectivity index (χ0n) is 13.1. The van der Waals surface area contributed by atoms with Crippen LogP contribution in [0.25, 0.3) is 11.0 Å². The Labute approximate surface area is 144 Å². The summed E-state index contributed by atoms with van der Waals surface area (Å²) in [6.07, 6.45) is -0.175. The van der Waals surface area contributed by atoms with Gasteiger partial charge >= 0.3 is 0 Å². The molecule has 0 bridgehead atoms. The van der Waals surface area contributed by atoms with Crippen LogP contribution in [0.2, 0.25) is 0 Å². The molecule has 132 valence electrons. The van der Waals surface area contributed by atoms with Crippen molar-refractivity contribution in [3.63, 3.8) is 0 Å². The molecule has 3 aromatic rings. The maximum Gasteiger partial charge on any atom is 0.248 e. The van der Waals surface area contributed by atoms with Crippen molar-refractivity contribution in [3.05, 3.63) is 53.8 Å². The van der Waals surface area contributed by atoms with Gasteiger partial charge < -0.3 is 5.32 Å². The first-order chi connectivity index (χ1) is 12.4. The number of benzene rings is 2. The van der Waals surface area contributed by atoms with Gasteiger partial charge in [-0.05, 0) is 12.1 Å². The predicted octanol–water partition coefficient (Wildman–Crippen LogP) is 2.98. The molecule has 2 aromatic carbocycles. The summed E-state index contributed by atoms with van der Waals surface area (Å²) in [6.45, 7) is 0. The van der Waals surface area contributed by atoms with Crippen molar-refractivity contribution in [3.8, 4) is 0 Å². The highest BCUT2D eigenvalue weighted by atomic mass is 19.2. The van der Waals surface area contributed by atoms with Gasteiger partial charge in [0.2, 0.25) is 17.8 Å². The summed E-state index contributed by atoms with van der Waals surface area (Å²) < 4.78 is 41.3. The molecule has 26 heavy (non-hydrogen) atoms. The highest BCUT2D eigenvalue weighted by molar-refractivity contribution is 6.02. The van der Waals surface area contributed by atoms with Crippen molar-refractivity contribution in [2.24, 2.45) is 0 Å². The first kappa shape index (κ1) is 16.1. The van der Waals surface area contributed by atoms with Crippen molar-refractivity contribution >= 4 is 34.5 Å². The topological polar surface area (TPSA) is 76.0 Å². The molecule has 1 atom stereocenters. The van der Waals surface area contributed by atoms with Crippen molar-refractivity contribution in [1.29, 1.82) is 0 Å². The van der Waals surface area contributed by atoms with E-state index in [1.54, 1.807) is 28.8 Å². The summed E-state index contributed by atoms with van der Waals surface area (Å²) in [5.41, 5.74) is 0.962. The summed E-state index contributed by atoms with van der Waals surface area (Å²) in [5.74, 6) is -5.34. The molecule has 1 aliphatic rings. The van der Waals surface area contributed by atoms with Gasteiger partial charge in [0.25, 0.3) is 0 Å². The van der Waals surface area contributed by atoms with E-state index in [1.165, 1.54) is 0 Å². The summed E-state index contributed by atoms with van der Waals surface area (Å²) in [5, 5.41) is 4.91. The molecule has 0 fully saturated rings.